The van der Waals surface area contributed by atoms with Gasteiger partial charge in [0.25, 0.3) is 0 Å². The maximum absolute atomic E-state index is 16.0. The lowest BCUT2D eigenvalue weighted by molar-refractivity contribution is 0.153. The second-order valence-electron chi connectivity index (χ2n) is 8.87. The molecule has 0 amide bonds. The Morgan fingerprint density at radius 1 is 1.08 bits per heavy atom. The van der Waals surface area contributed by atoms with Gasteiger partial charge in [-0.2, -0.15) is 16.4 Å². The topological polar surface area (TPSA) is 115 Å². The average Bonchev–Trinajstić information content (AvgIpc) is 3.63. The van der Waals surface area contributed by atoms with Crippen LogP contribution in [0.15, 0.2) is 59.7 Å². The van der Waals surface area contributed by atoms with Gasteiger partial charge < -0.3 is 15.4 Å². The summed E-state index contributed by atoms with van der Waals surface area (Å²) >= 11 is 1.61. The predicted molar refractivity (Wildman–Crippen MR) is 140 cm³/mol. The van der Waals surface area contributed by atoms with Gasteiger partial charge >= 0.3 is 0 Å². The third-order valence-corrected chi connectivity index (χ3v) is 6.79. The number of hydrogen-bond acceptors (Lipinski definition) is 7. The fourth-order valence-corrected chi connectivity index (χ4v) is 4.80. The Morgan fingerprint density at radius 3 is 2.78 bits per heavy atom. The minimum atomic E-state index is -0.740. The van der Waals surface area contributed by atoms with Crippen molar-refractivity contribution in [1.29, 1.82) is 0 Å². The van der Waals surface area contributed by atoms with Crippen molar-refractivity contribution in [2.75, 3.05) is 5.32 Å². The number of fused-ring (bicyclic) bond motifs is 2. The van der Waals surface area contributed by atoms with Crippen molar-refractivity contribution in [2.45, 2.75) is 20.1 Å². The minimum Gasteiger partial charge on any atom is -0.374 e. The van der Waals surface area contributed by atoms with Crippen LogP contribution in [0.3, 0.4) is 0 Å². The van der Waals surface area contributed by atoms with Crippen molar-refractivity contribution in [3.05, 3.63) is 65.5 Å². The number of aliphatic hydroxyl groups is 1. The molecule has 0 radical (unpaired) electrons. The Labute approximate surface area is 209 Å². The van der Waals surface area contributed by atoms with Gasteiger partial charge in [0.05, 0.1) is 22.8 Å². The van der Waals surface area contributed by atoms with Crippen molar-refractivity contribution in [3.8, 4) is 33.8 Å². The molecule has 1 atom stereocenters. The lowest BCUT2D eigenvalue weighted by Crippen LogP contribution is -2.24. The van der Waals surface area contributed by atoms with Gasteiger partial charge in [-0.1, -0.05) is 13.8 Å². The number of nitrogens with zero attached hydrogens (tertiary/aromatic N) is 4. The number of benzene rings is 1. The molecule has 0 aliphatic heterocycles. The molecule has 8 nitrogen and oxygen atoms in total. The van der Waals surface area contributed by atoms with Gasteiger partial charge in [-0.25, -0.2) is 14.4 Å². The highest BCUT2D eigenvalue weighted by molar-refractivity contribution is 7.08. The maximum atomic E-state index is 16.0. The summed E-state index contributed by atoms with van der Waals surface area (Å²) in [6.07, 6.45) is 4.18. The highest BCUT2D eigenvalue weighted by Gasteiger charge is 2.21. The first-order chi connectivity index (χ1) is 17.5. The molecular formula is C26H22FN7OS. The van der Waals surface area contributed by atoms with E-state index in [0.29, 0.717) is 50.4 Å². The van der Waals surface area contributed by atoms with Crippen LogP contribution in [0.5, 0.6) is 0 Å². The third-order valence-electron chi connectivity index (χ3n) is 6.10. The molecule has 0 aliphatic rings. The van der Waals surface area contributed by atoms with Gasteiger partial charge in [0.2, 0.25) is 0 Å². The van der Waals surface area contributed by atoms with Crippen LogP contribution >= 0.6 is 11.3 Å². The summed E-state index contributed by atoms with van der Waals surface area (Å²) in [4.78, 5) is 16.6. The molecule has 0 bridgehead atoms. The van der Waals surface area contributed by atoms with E-state index in [1.807, 2.05) is 31.4 Å². The molecule has 0 aliphatic carbocycles. The van der Waals surface area contributed by atoms with Crippen LogP contribution in [0, 0.1) is 11.7 Å². The number of aromatic nitrogens is 6. The normalized spacial score (nSPS) is 12.6. The zero-order chi connectivity index (χ0) is 24.8. The number of imidazole rings is 1. The summed E-state index contributed by atoms with van der Waals surface area (Å²) in [5.41, 5.74) is 5.77. The van der Waals surface area contributed by atoms with E-state index in [9.17, 15) is 5.11 Å². The smallest absolute Gasteiger partial charge is 0.161 e. The number of rotatable bonds is 6. The first kappa shape index (κ1) is 22.3. The highest BCUT2D eigenvalue weighted by atomic mass is 32.1. The molecule has 6 rings (SSSR count). The Balaban J connectivity index is 1.45. The van der Waals surface area contributed by atoms with E-state index in [-0.39, 0.29) is 5.92 Å². The van der Waals surface area contributed by atoms with Crippen LogP contribution in [0.1, 0.15) is 13.8 Å². The van der Waals surface area contributed by atoms with Gasteiger partial charge in [-0.3, -0.25) is 10.1 Å². The molecule has 4 N–H and O–H groups in total. The molecule has 5 heterocycles. The number of pyridine rings is 2. The zero-order valence-corrected chi connectivity index (χ0v) is 20.3. The molecule has 36 heavy (non-hydrogen) atoms. The van der Waals surface area contributed by atoms with Crippen molar-refractivity contribution < 1.29 is 9.50 Å². The van der Waals surface area contributed by atoms with Crippen LogP contribution in [0.2, 0.25) is 0 Å². The van der Waals surface area contributed by atoms with E-state index in [1.54, 1.807) is 48.1 Å². The molecule has 10 heteroatoms. The highest BCUT2D eigenvalue weighted by Crippen LogP contribution is 2.35. The Hall–Kier alpha value is -4.15. The standard InChI is InChI=1S/C26H22FN7OS/c1-13(2)26(35)30-16-9-15(10-28-11-16)17-3-4-19-20(21(17)27)23(34-33-19)25-31-22-18(14-6-8-36-12-14)5-7-29-24(22)32-25/h3-13,26,30,35H,1-2H3,(H,33,34)(H,29,31,32). The monoisotopic (exact) mass is 499 g/mol. The van der Waals surface area contributed by atoms with Gasteiger partial charge in [0.1, 0.15) is 23.3 Å². The van der Waals surface area contributed by atoms with E-state index in [2.05, 4.69) is 35.8 Å². The summed E-state index contributed by atoms with van der Waals surface area (Å²) in [6, 6.07) is 9.18. The fraction of sp³-hybridized carbons (Fsp3) is 0.154. The van der Waals surface area contributed by atoms with Crippen LogP contribution in [0.25, 0.3) is 55.8 Å². The van der Waals surface area contributed by atoms with Crippen molar-refractivity contribution >= 4 is 39.1 Å². The number of thiophene rings is 1. The van der Waals surface area contributed by atoms with E-state index >= 15 is 4.39 Å². The number of aliphatic hydroxyl groups excluding tert-OH is 1. The number of anilines is 1. The van der Waals surface area contributed by atoms with Crippen LogP contribution in [0.4, 0.5) is 10.1 Å². The lowest BCUT2D eigenvalue weighted by Gasteiger charge is -2.17. The summed E-state index contributed by atoms with van der Waals surface area (Å²) < 4.78 is 16.0. The lowest BCUT2D eigenvalue weighted by atomic mass is 10.0. The van der Waals surface area contributed by atoms with Crippen LogP contribution in [-0.2, 0) is 0 Å². The third kappa shape index (κ3) is 3.80. The Bertz CT molecular complexity index is 1690. The molecule has 180 valence electrons. The number of aromatic amines is 2. The zero-order valence-electron chi connectivity index (χ0n) is 19.5. The number of nitrogens with one attached hydrogen (secondary N) is 3. The molecule has 0 spiro atoms. The first-order valence-electron chi connectivity index (χ1n) is 11.4. The summed E-state index contributed by atoms with van der Waals surface area (Å²) in [7, 11) is 0. The average molecular weight is 500 g/mol. The maximum Gasteiger partial charge on any atom is 0.161 e. The SMILES string of the molecule is CC(C)C(O)Nc1cncc(-c2ccc3[nH]nc(-c4nc5c(-c6ccsc6)ccnc5[nH]4)c3c2F)c1. The molecule has 1 aromatic carbocycles. The van der Waals surface area contributed by atoms with Crippen molar-refractivity contribution in [3.63, 3.8) is 0 Å². The second kappa shape index (κ2) is 8.81. The number of H-pyrrole nitrogens is 2. The fourth-order valence-electron chi connectivity index (χ4n) is 4.14. The quantitative estimate of drug-likeness (QED) is 0.215. The molecule has 0 fully saturated rings. The van der Waals surface area contributed by atoms with Crippen LogP contribution < -0.4 is 5.32 Å². The second-order valence-corrected chi connectivity index (χ2v) is 9.65. The minimum absolute atomic E-state index is 0.00813. The summed E-state index contributed by atoms with van der Waals surface area (Å²) in [5, 5.41) is 24.9. The summed E-state index contributed by atoms with van der Waals surface area (Å²) in [5.74, 6) is -0.00376. The number of halogens is 1. The molecule has 0 saturated carbocycles. The molecule has 5 aromatic heterocycles. The predicted octanol–water partition coefficient (Wildman–Crippen LogP) is 5.82. The number of hydrogen-bond donors (Lipinski definition) is 4. The van der Waals surface area contributed by atoms with E-state index in [4.69, 9.17) is 4.98 Å². The molecule has 1 unspecified atom stereocenters. The van der Waals surface area contributed by atoms with Gasteiger partial charge in [-0.15, -0.1) is 0 Å². The van der Waals surface area contributed by atoms with E-state index in [1.165, 1.54) is 0 Å². The first-order valence-corrected chi connectivity index (χ1v) is 12.4. The Kier molecular flexibility index (Phi) is 5.46. The van der Waals surface area contributed by atoms with E-state index < -0.39 is 12.0 Å². The van der Waals surface area contributed by atoms with Gasteiger partial charge in [0, 0.05) is 29.1 Å². The molecule has 6 aromatic rings. The molecular weight excluding hydrogens is 477 g/mol. The van der Waals surface area contributed by atoms with Crippen LogP contribution in [-0.4, -0.2) is 41.5 Å². The summed E-state index contributed by atoms with van der Waals surface area (Å²) in [6.45, 7) is 3.81. The Morgan fingerprint density at radius 2 is 1.97 bits per heavy atom. The molecule has 0 saturated heterocycles. The van der Waals surface area contributed by atoms with Crippen molar-refractivity contribution in [2.24, 2.45) is 5.92 Å². The van der Waals surface area contributed by atoms with E-state index in [0.717, 1.165) is 11.1 Å². The van der Waals surface area contributed by atoms with Crippen molar-refractivity contribution in [1.82, 2.24) is 30.1 Å². The van der Waals surface area contributed by atoms with Gasteiger partial charge in [-0.05, 0) is 52.6 Å². The van der Waals surface area contributed by atoms with Gasteiger partial charge in [0.15, 0.2) is 11.5 Å². The largest absolute Gasteiger partial charge is 0.374 e.